The molecular weight excluding hydrogens is 473 g/mol. The monoisotopic (exact) mass is 502 g/mol. The molecule has 0 saturated carbocycles. The Hall–Kier alpha value is -3.40. The zero-order valence-electron chi connectivity index (χ0n) is 20.2. The topological polar surface area (TPSA) is 75.9 Å². The molecule has 3 heterocycles. The summed E-state index contributed by atoms with van der Waals surface area (Å²) in [7, 11) is 0. The molecule has 0 aliphatic carbocycles. The fourth-order valence-electron chi connectivity index (χ4n) is 4.47. The van der Waals surface area contributed by atoms with Crippen LogP contribution in [0.5, 0.6) is 0 Å². The van der Waals surface area contributed by atoms with Gasteiger partial charge in [0.05, 0.1) is 29.4 Å². The van der Waals surface area contributed by atoms with Gasteiger partial charge in [-0.3, -0.25) is 9.59 Å². The maximum Gasteiger partial charge on any atom is 0.416 e. The molecule has 1 fully saturated rings. The van der Waals surface area contributed by atoms with Crippen molar-refractivity contribution in [2.45, 2.75) is 44.9 Å². The number of alkyl halides is 3. The van der Waals surface area contributed by atoms with Crippen LogP contribution in [0.4, 0.5) is 13.2 Å². The van der Waals surface area contributed by atoms with Crippen LogP contribution in [0.1, 0.15) is 64.6 Å². The van der Waals surface area contributed by atoms with E-state index in [0.29, 0.717) is 37.2 Å². The van der Waals surface area contributed by atoms with E-state index in [4.69, 9.17) is 4.74 Å². The average molecular weight is 503 g/mol. The molecule has 3 aromatic rings. The van der Waals surface area contributed by atoms with Gasteiger partial charge in [-0.05, 0) is 49.2 Å². The SMILES string of the molecule is CCCC(CNC(=O)c1cccn2nc(C(=O)N3CCOC(C)C3)cc12)c1ccc(C(F)(F)F)cc1. The zero-order chi connectivity index (χ0) is 25.9. The van der Waals surface area contributed by atoms with Crippen LogP contribution in [0, 0.1) is 0 Å². The highest BCUT2D eigenvalue weighted by Gasteiger charge is 2.30. The molecule has 1 saturated heterocycles. The number of halogens is 3. The number of morpholine rings is 1. The first-order valence-corrected chi connectivity index (χ1v) is 12.0. The first kappa shape index (κ1) is 25.7. The molecule has 1 aliphatic heterocycles. The van der Waals surface area contributed by atoms with Gasteiger partial charge in [-0.15, -0.1) is 0 Å². The van der Waals surface area contributed by atoms with Crippen LogP contribution < -0.4 is 5.32 Å². The lowest BCUT2D eigenvalue weighted by molar-refractivity contribution is -0.137. The molecule has 1 aromatic carbocycles. The van der Waals surface area contributed by atoms with Crippen molar-refractivity contribution in [3.05, 3.63) is 71.0 Å². The number of pyridine rings is 1. The third-order valence-corrected chi connectivity index (χ3v) is 6.35. The normalized spacial score (nSPS) is 17.2. The number of carbonyl (C=O) groups is 2. The summed E-state index contributed by atoms with van der Waals surface area (Å²) in [6, 6.07) is 10.0. The predicted octanol–water partition coefficient (Wildman–Crippen LogP) is 4.53. The molecule has 7 nitrogen and oxygen atoms in total. The fraction of sp³-hybridized carbons (Fsp3) is 0.423. The van der Waals surface area contributed by atoms with Gasteiger partial charge in [-0.1, -0.05) is 25.5 Å². The molecule has 0 bridgehead atoms. The molecule has 2 atom stereocenters. The first-order chi connectivity index (χ1) is 17.2. The fourth-order valence-corrected chi connectivity index (χ4v) is 4.47. The van der Waals surface area contributed by atoms with E-state index in [-0.39, 0.29) is 36.1 Å². The van der Waals surface area contributed by atoms with Crippen molar-refractivity contribution in [3.63, 3.8) is 0 Å². The maximum absolute atomic E-state index is 13.1. The van der Waals surface area contributed by atoms with Crippen molar-refractivity contribution in [2.24, 2.45) is 0 Å². The highest BCUT2D eigenvalue weighted by Crippen LogP contribution is 2.31. The van der Waals surface area contributed by atoms with E-state index >= 15 is 0 Å². The number of ether oxygens (including phenoxy) is 1. The van der Waals surface area contributed by atoms with Crippen molar-refractivity contribution < 1.29 is 27.5 Å². The second kappa shape index (κ2) is 10.7. The minimum Gasteiger partial charge on any atom is -0.375 e. The summed E-state index contributed by atoms with van der Waals surface area (Å²) in [6.07, 6.45) is -1.25. The second-order valence-electron chi connectivity index (χ2n) is 9.03. The summed E-state index contributed by atoms with van der Waals surface area (Å²) >= 11 is 0. The summed E-state index contributed by atoms with van der Waals surface area (Å²) < 4.78 is 45.8. The van der Waals surface area contributed by atoms with Gasteiger partial charge in [0.25, 0.3) is 11.8 Å². The van der Waals surface area contributed by atoms with Crippen molar-refractivity contribution in [1.29, 1.82) is 0 Å². The van der Waals surface area contributed by atoms with Crippen LogP contribution in [0.15, 0.2) is 48.7 Å². The molecule has 2 amide bonds. The number of nitrogens with zero attached hydrogens (tertiary/aromatic N) is 3. The quantitative estimate of drug-likeness (QED) is 0.515. The van der Waals surface area contributed by atoms with Gasteiger partial charge in [0.1, 0.15) is 0 Å². The molecule has 10 heteroatoms. The van der Waals surface area contributed by atoms with E-state index in [9.17, 15) is 22.8 Å². The van der Waals surface area contributed by atoms with Crippen LogP contribution >= 0.6 is 0 Å². The van der Waals surface area contributed by atoms with Crippen LogP contribution in [-0.2, 0) is 10.9 Å². The Kier molecular flexibility index (Phi) is 7.63. The van der Waals surface area contributed by atoms with E-state index in [1.807, 2.05) is 13.8 Å². The van der Waals surface area contributed by atoms with Gasteiger partial charge in [0.15, 0.2) is 5.69 Å². The third kappa shape index (κ3) is 5.70. The van der Waals surface area contributed by atoms with Crippen molar-refractivity contribution in [1.82, 2.24) is 19.8 Å². The number of amides is 2. The van der Waals surface area contributed by atoms with Gasteiger partial charge < -0.3 is 15.0 Å². The molecule has 2 aromatic heterocycles. The number of nitrogens with one attached hydrogen (secondary N) is 1. The van der Waals surface area contributed by atoms with E-state index in [1.54, 1.807) is 29.3 Å². The van der Waals surface area contributed by atoms with Crippen LogP contribution in [0.2, 0.25) is 0 Å². The van der Waals surface area contributed by atoms with Gasteiger partial charge >= 0.3 is 6.18 Å². The lowest BCUT2D eigenvalue weighted by Crippen LogP contribution is -2.44. The molecule has 1 N–H and O–H groups in total. The van der Waals surface area contributed by atoms with E-state index in [0.717, 1.165) is 24.1 Å². The molecule has 192 valence electrons. The summed E-state index contributed by atoms with van der Waals surface area (Å²) in [6.45, 7) is 5.58. The number of hydrogen-bond donors (Lipinski definition) is 1. The minimum absolute atomic E-state index is 0.0539. The minimum atomic E-state index is -4.39. The van der Waals surface area contributed by atoms with Gasteiger partial charge in [0, 0.05) is 31.7 Å². The largest absolute Gasteiger partial charge is 0.416 e. The molecule has 0 spiro atoms. The molecule has 4 rings (SSSR count). The van der Waals surface area contributed by atoms with Crippen LogP contribution in [0.25, 0.3) is 5.52 Å². The number of hydrogen-bond acceptors (Lipinski definition) is 4. The lowest BCUT2D eigenvalue weighted by atomic mass is 9.93. The Morgan fingerprint density at radius 3 is 2.64 bits per heavy atom. The van der Waals surface area contributed by atoms with E-state index < -0.39 is 11.7 Å². The van der Waals surface area contributed by atoms with Crippen molar-refractivity contribution in [2.75, 3.05) is 26.2 Å². The number of aromatic nitrogens is 2. The smallest absolute Gasteiger partial charge is 0.375 e. The van der Waals surface area contributed by atoms with Gasteiger partial charge in [0.2, 0.25) is 0 Å². The number of fused-ring (bicyclic) bond motifs is 1. The average Bonchev–Trinajstić information content (AvgIpc) is 3.30. The molecule has 0 radical (unpaired) electrons. The highest BCUT2D eigenvalue weighted by molar-refractivity contribution is 6.02. The van der Waals surface area contributed by atoms with Crippen molar-refractivity contribution in [3.8, 4) is 0 Å². The van der Waals surface area contributed by atoms with Crippen LogP contribution in [0.3, 0.4) is 0 Å². The molecule has 2 unspecified atom stereocenters. The molecular formula is C26H29F3N4O3. The molecule has 1 aliphatic rings. The first-order valence-electron chi connectivity index (χ1n) is 12.0. The number of benzene rings is 1. The van der Waals surface area contributed by atoms with Crippen LogP contribution in [-0.4, -0.2) is 58.7 Å². The molecule has 36 heavy (non-hydrogen) atoms. The highest BCUT2D eigenvalue weighted by atomic mass is 19.4. The number of carbonyl (C=O) groups excluding carboxylic acids is 2. The van der Waals surface area contributed by atoms with E-state index in [2.05, 4.69) is 10.4 Å². The summed E-state index contributed by atoms with van der Waals surface area (Å²) in [4.78, 5) is 27.7. The third-order valence-electron chi connectivity index (χ3n) is 6.35. The Morgan fingerprint density at radius 2 is 1.97 bits per heavy atom. The van der Waals surface area contributed by atoms with E-state index in [1.165, 1.54) is 16.6 Å². The predicted molar refractivity (Wildman–Crippen MR) is 128 cm³/mol. The summed E-state index contributed by atoms with van der Waals surface area (Å²) in [5.74, 6) is -0.690. The Labute approximate surface area is 207 Å². The van der Waals surface area contributed by atoms with Crippen molar-refractivity contribution >= 4 is 17.3 Å². The van der Waals surface area contributed by atoms with Gasteiger partial charge in [-0.2, -0.15) is 18.3 Å². The zero-order valence-corrected chi connectivity index (χ0v) is 20.2. The van der Waals surface area contributed by atoms with Gasteiger partial charge in [-0.25, -0.2) is 4.52 Å². The lowest BCUT2D eigenvalue weighted by Gasteiger charge is -2.30. The Bertz CT molecular complexity index is 1220. The number of rotatable bonds is 7. The second-order valence-corrected chi connectivity index (χ2v) is 9.03. The maximum atomic E-state index is 13.1. The Balaban J connectivity index is 1.49. The summed E-state index contributed by atoms with van der Waals surface area (Å²) in [5.41, 5.74) is 1.15. The Morgan fingerprint density at radius 1 is 1.22 bits per heavy atom. The standard InChI is InChI=1S/C26H29F3N4O3/c1-3-5-19(18-7-9-20(10-8-18)26(27,28)29)15-30-24(34)21-6-4-11-33-23(21)14-22(31-33)25(35)32-12-13-36-17(2)16-32/h4,6-11,14,17,19H,3,5,12-13,15-16H2,1-2H3,(H,30,34). The summed E-state index contributed by atoms with van der Waals surface area (Å²) in [5, 5.41) is 7.28.